The lowest BCUT2D eigenvalue weighted by Crippen LogP contribution is -2.37. The molecular formula is C7H14O4. The van der Waals surface area contributed by atoms with Gasteiger partial charge in [-0.15, -0.1) is 0 Å². The number of hydrogen-bond donors (Lipinski definition) is 1. The molecule has 0 radical (unpaired) electrons. The quantitative estimate of drug-likeness (QED) is 0.622. The molecule has 1 saturated heterocycles. The van der Waals surface area contributed by atoms with E-state index in [4.69, 9.17) is 14.2 Å². The van der Waals surface area contributed by atoms with Gasteiger partial charge in [0, 0.05) is 7.11 Å². The molecule has 0 amide bonds. The molecule has 2 atom stereocenters. The molecule has 0 aromatic rings. The van der Waals surface area contributed by atoms with Gasteiger partial charge in [-0.3, -0.25) is 0 Å². The summed E-state index contributed by atoms with van der Waals surface area (Å²) in [6.07, 6.45) is -1.35. The fourth-order valence-corrected chi connectivity index (χ4v) is 1.10. The van der Waals surface area contributed by atoms with Crippen LogP contribution >= 0.6 is 0 Å². The molecule has 66 valence electrons. The van der Waals surface area contributed by atoms with Gasteiger partial charge in [0.1, 0.15) is 6.10 Å². The Morgan fingerprint density at radius 2 is 2.00 bits per heavy atom. The fourth-order valence-electron chi connectivity index (χ4n) is 1.10. The molecule has 1 fully saturated rings. The summed E-state index contributed by atoms with van der Waals surface area (Å²) in [5, 5.41) is 9.19. The second kappa shape index (κ2) is 4.01. The van der Waals surface area contributed by atoms with Crippen molar-refractivity contribution in [2.24, 2.45) is 0 Å². The molecule has 4 heteroatoms. The molecule has 0 saturated carbocycles. The van der Waals surface area contributed by atoms with Gasteiger partial charge in [0.05, 0.1) is 19.3 Å². The normalized spacial score (nSPS) is 25.4. The van der Waals surface area contributed by atoms with Crippen LogP contribution in [0, 0.1) is 0 Å². The zero-order valence-corrected chi connectivity index (χ0v) is 6.82. The van der Waals surface area contributed by atoms with E-state index in [1.807, 2.05) is 0 Å². The minimum atomic E-state index is -0.567. The standard InChI is InChI=1S/C7H14O4/c1-5(8)6(9-2)7-10-3-4-11-7/h5-8H,3-4H2,1-2H3. The fraction of sp³-hybridized carbons (Fsp3) is 1.00. The molecule has 0 bridgehead atoms. The summed E-state index contributed by atoms with van der Waals surface area (Å²) in [4.78, 5) is 0. The predicted octanol–water partition coefficient (Wildman–Crippen LogP) is -0.245. The third-order valence-electron chi connectivity index (χ3n) is 1.66. The van der Waals surface area contributed by atoms with Crippen molar-refractivity contribution in [3.8, 4) is 0 Å². The van der Waals surface area contributed by atoms with Crippen LogP contribution in [-0.4, -0.2) is 43.9 Å². The topological polar surface area (TPSA) is 47.9 Å². The van der Waals surface area contributed by atoms with Crippen LogP contribution in [0.1, 0.15) is 6.92 Å². The van der Waals surface area contributed by atoms with E-state index in [0.717, 1.165) is 0 Å². The van der Waals surface area contributed by atoms with Crippen molar-refractivity contribution in [2.45, 2.75) is 25.4 Å². The van der Waals surface area contributed by atoms with Gasteiger partial charge in [0.15, 0.2) is 6.29 Å². The van der Waals surface area contributed by atoms with Gasteiger partial charge in [-0.25, -0.2) is 0 Å². The lowest BCUT2D eigenvalue weighted by atomic mass is 10.2. The molecule has 11 heavy (non-hydrogen) atoms. The van der Waals surface area contributed by atoms with Crippen LogP contribution in [0.2, 0.25) is 0 Å². The highest BCUT2D eigenvalue weighted by Gasteiger charge is 2.30. The number of ether oxygens (including phenoxy) is 3. The molecule has 1 aliphatic rings. The molecular weight excluding hydrogens is 148 g/mol. The Hall–Kier alpha value is -0.160. The van der Waals surface area contributed by atoms with Crippen LogP contribution < -0.4 is 0 Å². The van der Waals surface area contributed by atoms with E-state index < -0.39 is 12.4 Å². The average Bonchev–Trinajstić information content (AvgIpc) is 2.40. The number of rotatable bonds is 3. The van der Waals surface area contributed by atoms with E-state index in [9.17, 15) is 5.11 Å². The van der Waals surface area contributed by atoms with Crippen LogP contribution in [0.5, 0.6) is 0 Å². The summed E-state index contributed by atoms with van der Waals surface area (Å²) in [6, 6.07) is 0. The molecule has 4 nitrogen and oxygen atoms in total. The van der Waals surface area contributed by atoms with Crippen LogP contribution in [0.15, 0.2) is 0 Å². The zero-order valence-electron chi connectivity index (χ0n) is 6.82. The van der Waals surface area contributed by atoms with Crippen LogP contribution in [0.3, 0.4) is 0 Å². The Bertz CT molecular complexity index is 109. The highest BCUT2D eigenvalue weighted by Crippen LogP contribution is 2.13. The number of hydrogen-bond acceptors (Lipinski definition) is 4. The first kappa shape index (κ1) is 8.93. The molecule has 2 unspecified atom stereocenters. The van der Waals surface area contributed by atoms with Gasteiger partial charge in [-0.05, 0) is 6.92 Å². The van der Waals surface area contributed by atoms with E-state index in [0.29, 0.717) is 13.2 Å². The van der Waals surface area contributed by atoms with Gasteiger partial charge >= 0.3 is 0 Å². The summed E-state index contributed by atoms with van der Waals surface area (Å²) in [6.45, 7) is 2.81. The van der Waals surface area contributed by atoms with E-state index >= 15 is 0 Å². The van der Waals surface area contributed by atoms with E-state index in [2.05, 4.69) is 0 Å². The maximum atomic E-state index is 9.19. The molecule has 0 aromatic heterocycles. The zero-order chi connectivity index (χ0) is 8.27. The molecule has 1 rings (SSSR count). The molecule has 1 N–H and O–H groups in total. The van der Waals surface area contributed by atoms with Crippen molar-refractivity contribution < 1.29 is 19.3 Å². The lowest BCUT2D eigenvalue weighted by molar-refractivity contribution is -0.164. The molecule has 1 aliphatic heterocycles. The number of methoxy groups -OCH3 is 1. The van der Waals surface area contributed by atoms with Crippen LogP contribution in [-0.2, 0) is 14.2 Å². The molecule has 0 aromatic carbocycles. The van der Waals surface area contributed by atoms with Crippen molar-refractivity contribution in [3.63, 3.8) is 0 Å². The molecule has 1 heterocycles. The second-order valence-electron chi connectivity index (χ2n) is 2.55. The second-order valence-corrected chi connectivity index (χ2v) is 2.55. The molecule has 0 aliphatic carbocycles. The summed E-state index contributed by atoms with van der Waals surface area (Å²) in [5.41, 5.74) is 0. The Morgan fingerprint density at radius 1 is 1.45 bits per heavy atom. The van der Waals surface area contributed by atoms with Gasteiger partial charge < -0.3 is 19.3 Å². The minimum Gasteiger partial charge on any atom is -0.391 e. The van der Waals surface area contributed by atoms with E-state index in [-0.39, 0.29) is 6.10 Å². The first-order valence-corrected chi connectivity index (χ1v) is 3.69. The van der Waals surface area contributed by atoms with Crippen molar-refractivity contribution in [3.05, 3.63) is 0 Å². The van der Waals surface area contributed by atoms with Crippen molar-refractivity contribution >= 4 is 0 Å². The Balaban J connectivity index is 2.40. The Labute approximate surface area is 66.1 Å². The lowest BCUT2D eigenvalue weighted by Gasteiger charge is -2.22. The maximum absolute atomic E-state index is 9.19. The largest absolute Gasteiger partial charge is 0.391 e. The highest BCUT2D eigenvalue weighted by atomic mass is 16.7. The SMILES string of the molecule is COC(C(C)O)C1OCCO1. The van der Waals surface area contributed by atoms with Gasteiger partial charge in [-0.2, -0.15) is 0 Å². The maximum Gasteiger partial charge on any atom is 0.186 e. The highest BCUT2D eigenvalue weighted by molar-refractivity contribution is 4.70. The summed E-state index contributed by atoms with van der Waals surface area (Å²) < 4.78 is 15.3. The Morgan fingerprint density at radius 3 is 2.36 bits per heavy atom. The Kier molecular flexibility index (Phi) is 3.26. The first-order valence-electron chi connectivity index (χ1n) is 3.69. The monoisotopic (exact) mass is 162 g/mol. The summed E-state index contributed by atoms with van der Waals surface area (Å²) >= 11 is 0. The number of aliphatic hydroxyl groups excluding tert-OH is 1. The van der Waals surface area contributed by atoms with Crippen molar-refractivity contribution in [1.29, 1.82) is 0 Å². The van der Waals surface area contributed by atoms with Crippen molar-refractivity contribution in [1.82, 2.24) is 0 Å². The van der Waals surface area contributed by atoms with E-state index in [1.165, 1.54) is 7.11 Å². The first-order chi connectivity index (χ1) is 5.25. The van der Waals surface area contributed by atoms with Crippen molar-refractivity contribution in [2.75, 3.05) is 20.3 Å². The van der Waals surface area contributed by atoms with Crippen LogP contribution in [0.25, 0.3) is 0 Å². The summed E-state index contributed by atoms with van der Waals surface area (Å²) in [5.74, 6) is 0. The third-order valence-corrected chi connectivity index (χ3v) is 1.66. The average molecular weight is 162 g/mol. The van der Waals surface area contributed by atoms with Crippen LogP contribution in [0.4, 0.5) is 0 Å². The van der Waals surface area contributed by atoms with E-state index in [1.54, 1.807) is 6.92 Å². The number of aliphatic hydroxyl groups is 1. The van der Waals surface area contributed by atoms with Gasteiger partial charge in [0.25, 0.3) is 0 Å². The minimum absolute atomic E-state index is 0.377. The molecule has 0 spiro atoms. The summed E-state index contributed by atoms with van der Waals surface area (Å²) in [7, 11) is 1.53. The predicted molar refractivity (Wildman–Crippen MR) is 38.2 cm³/mol. The van der Waals surface area contributed by atoms with Gasteiger partial charge in [0.2, 0.25) is 0 Å². The smallest absolute Gasteiger partial charge is 0.186 e. The van der Waals surface area contributed by atoms with Gasteiger partial charge in [-0.1, -0.05) is 0 Å². The third kappa shape index (κ3) is 2.13.